The molecule has 1 saturated heterocycles. The van der Waals surface area contributed by atoms with Gasteiger partial charge in [0.1, 0.15) is 0 Å². The number of carbonyl (C=O) groups excluding carboxylic acids is 1. The van der Waals surface area contributed by atoms with E-state index in [-0.39, 0.29) is 5.78 Å². The third-order valence-electron chi connectivity index (χ3n) is 4.40. The first kappa shape index (κ1) is 13.4. The van der Waals surface area contributed by atoms with Crippen molar-refractivity contribution < 1.29 is 4.79 Å². The highest BCUT2D eigenvalue weighted by Gasteiger charge is 2.37. The van der Waals surface area contributed by atoms with Crippen molar-refractivity contribution in [2.75, 3.05) is 13.1 Å². The number of carbonyl (C=O) groups is 1. The number of likely N-dealkylation sites (tertiary alicyclic amines) is 1. The van der Waals surface area contributed by atoms with E-state index in [1.54, 1.807) is 18.2 Å². The highest BCUT2D eigenvalue weighted by molar-refractivity contribution is 6.43. The second-order valence-corrected chi connectivity index (χ2v) is 6.39. The van der Waals surface area contributed by atoms with Crippen LogP contribution in [0.3, 0.4) is 0 Å². The van der Waals surface area contributed by atoms with Crippen LogP contribution in [0.5, 0.6) is 0 Å². The Kier molecular flexibility index (Phi) is 3.84. The molecule has 1 aromatic carbocycles. The molecule has 0 radical (unpaired) electrons. The zero-order valence-corrected chi connectivity index (χ0v) is 12.3. The number of Topliss-reactive ketones (excluding diaryl/α,β-unsaturated/α-hetero) is 1. The maximum Gasteiger partial charge on any atom is 0.165 e. The van der Waals surface area contributed by atoms with Crippen molar-refractivity contribution in [2.45, 2.75) is 31.7 Å². The summed E-state index contributed by atoms with van der Waals surface area (Å²) in [5.41, 5.74) is 0.554. The van der Waals surface area contributed by atoms with Crippen LogP contribution in [0.25, 0.3) is 0 Å². The van der Waals surface area contributed by atoms with Crippen molar-refractivity contribution in [1.29, 1.82) is 0 Å². The van der Waals surface area contributed by atoms with E-state index in [2.05, 4.69) is 4.90 Å². The molecular formula is C15H17Cl2NO. The number of hydrogen-bond acceptors (Lipinski definition) is 2. The normalized spacial score (nSPS) is 26.0. The van der Waals surface area contributed by atoms with E-state index in [0.717, 1.165) is 12.5 Å². The first-order chi connectivity index (χ1) is 9.15. The lowest BCUT2D eigenvalue weighted by Gasteiger charge is -2.26. The highest BCUT2D eigenvalue weighted by atomic mass is 35.5. The summed E-state index contributed by atoms with van der Waals surface area (Å²) in [5, 5.41) is 0.838. The Morgan fingerprint density at radius 1 is 1.32 bits per heavy atom. The van der Waals surface area contributed by atoms with Gasteiger partial charge in [0.2, 0.25) is 0 Å². The number of ketones is 1. The van der Waals surface area contributed by atoms with Crippen molar-refractivity contribution in [3.63, 3.8) is 0 Å². The topological polar surface area (TPSA) is 20.3 Å². The summed E-state index contributed by atoms with van der Waals surface area (Å²) in [4.78, 5) is 14.7. The second-order valence-electron chi connectivity index (χ2n) is 5.60. The number of piperidine rings is 1. The average Bonchev–Trinajstić information content (AvgIpc) is 3.01. The van der Waals surface area contributed by atoms with Crippen LogP contribution in [-0.4, -0.2) is 29.8 Å². The molecule has 2 aliphatic rings. The predicted molar refractivity (Wildman–Crippen MR) is 78.1 cm³/mol. The van der Waals surface area contributed by atoms with E-state index in [1.807, 2.05) is 0 Å². The van der Waals surface area contributed by atoms with E-state index >= 15 is 0 Å². The fraction of sp³-hybridized carbons (Fsp3) is 0.533. The smallest absolute Gasteiger partial charge is 0.165 e. The minimum Gasteiger partial charge on any atom is -0.300 e. The molecular weight excluding hydrogens is 281 g/mol. The fourth-order valence-corrected chi connectivity index (χ4v) is 3.81. The first-order valence-electron chi connectivity index (χ1n) is 6.86. The molecule has 1 aliphatic carbocycles. The minimum absolute atomic E-state index is 0.0928. The molecule has 1 aliphatic heterocycles. The Balaban J connectivity index is 1.61. The molecule has 4 heteroatoms. The Labute approximate surface area is 123 Å². The lowest BCUT2D eigenvalue weighted by atomic mass is 10.1. The van der Waals surface area contributed by atoms with E-state index in [4.69, 9.17) is 23.2 Å². The van der Waals surface area contributed by atoms with Gasteiger partial charge in [0.15, 0.2) is 5.78 Å². The summed E-state index contributed by atoms with van der Waals surface area (Å²) < 4.78 is 0. The van der Waals surface area contributed by atoms with E-state index in [1.165, 1.54) is 25.8 Å². The van der Waals surface area contributed by atoms with E-state index in [0.29, 0.717) is 28.1 Å². The van der Waals surface area contributed by atoms with Gasteiger partial charge in [-0.2, -0.15) is 0 Å². The maximum atomic E-state index is 12.2. The van der Waals surface area contributed by atoms with E-state index in [9.17, 15) is 4.79 Å². The molecule has 102 valence electrons. The summed E-state index contributed by atoms with van der Waals surface area (Å²) in [6.07, 6.45) is 4.53. The molecule has 2 nitrogen and oxygen atoms in total. The first-order valence-corrected chi connectivity index (χ1v) is 7.62. The SMILES string of the molecule is O=C(CCN1CC2CCC1C2)c1cccc(Cl)c1Cl. The minimum atomic E-state index is 0.0928. The molecule has 2 atom stereocenters. The summed E-state index contributed by atoms with van der Waals surface area (Å²) >= 11 is 12.0. The molecule has 2 bridgehead atoms. The van der Waals surface area contributed by atoms with Gasteiger partial charge in [-0.3, -0.25) is 9.69 Å². The Morgan fingerprint density at radius 2 is 2.16 bits per heavy atom. The molecule has 0 amide bonds. The quantitative estimate of drug-likeness (QED) is 0.782. The van der Waals surface area contributed by atoms with Gasteiger partial charge in [0, 0.05) is 31.1 Å². The molecule has 0 spiro atoms. The van der Waals surface area contributed by atoms with Crippen molar-refractivity contribution in [3.8, 4) is 0 Å². The van der Waals surface area contributed by atoms with Crippen LogP contribution < -0.4 is 0 Å². The molecule has 3 rings (SSSR count). The van der Waals surface area contributed by atoms with Crippen LogP contribution in [0.2, 0.25) is 10.0 Å². The fourth-order valence-electron chi connectivity index (χ4n) is 3.40. The van der Waals surface area contributed by atoms with Crippen molar-refractivity contribution in [1.82, 2.24) is 4.90 Å². The third kappa shape index (κ3) is 2.67. The molecule has 1 saturated carbocycles. The molecule has 2 unspecified atom stereocenters. The number of rotatable bonds is 4. The molecule has 2 fully saturated rings. The maximum absolute atomic E-state index is 12.2. The van der Waals surface area contributed by atoms with Gasteiger partial charge in [0.05, 0.1) is 10.0 Å². The predicted octanol–water partition coefficient (Wildman–Crippen LogP) is 4.05. The summed E-state index contributed by atoms with van der Waals surface area (Å²) in [7, 11) is 0. The lowest BCUT2D eigenvalue weighted by Crippen LogP contribution is -2.33. The number of halogens is 2. The zero-order valence-electron chi connectivity index (χ0n) is 10.7. The molecule has 19 heavy (non-hydrogen) atoms. The van der Waals surface area contributed by atoms with E-state index < -0.39 is 0 Å². The van der Waals surface area contributed by atoms with Gasteiger partial charge < -0.3 is 0 Å². The molecule has 1 heterocycles. The van der Waals surface area contributed by atoms with Gasteiger partial charge >= 0.3 is 0 Å². The lowest BCUT2D eigenvalue weighted by molar-refractivity contribution is 0.0955. The molecule has 0 N–H and O–H groups in total. The Bertz CT molecular complexity index is 503. The largest absolute Gasteiger partial charge is 0.300 e. The third-order valence-corrected chi connectivity index (χ3v) is 5.22. The molecule has 0 aromatic heterocycles. The van der Waals surface area contributed by atoms with Crippen molar-refractivity contribution in [3.05, 3.63) is 33.8 Å². The zero-order chi connectivity index (χ0) is 13.4. The summed E-state index contributed by atoms with van der Waals surface area (Å²) in [5.74, 6) is 0.963. The van der Waals surface area contributed by atoms with Crippen molar-refractivity contribution in [2.24, 2.45) is 5.92 Å². The van der Waals surface area contributed by atoms with Crippen LogP contribution in [0, 0.1) is 5.92 Å². The number of nitrogens with zero attached hydrogens (tertiary/aromatic N) is 1. The number of benzene rings is 1. The second kappa shape index (κ2) is 5.43. The van der Waals surface area contributed by atoms with Gasteiger partial charge in [-0.05, 0) is 37.3 Å². The van der Waals surface area contributed by atoms with Crippen molar-refractivity contribution >= 4 is 29.0 Å². The van der Waals surface area contributed by atoms with Crippen LogP contribution in [0.15, 0.2) is 18.2 Å². The van der Waals surface area contributed by atoms with Gasteiger partial charge in [-0.25, -0.2) is 0 Å². The Hall–Kier alpha value is -0.570. The number of hydrogen-bond donors (Lipinski definition) is 0. The average molecular weight is 298 g/mol. The van der Waals surface area contributed by atoms with Crippen LogP contribution in [0.1, 0.15) is 36.0 Å². The number of fused-ring (bicyclic) bond motifs is 2. The Morgan fingerprint density at radius 3 is 2.84 bits per heavy atom. The van der Waals surface area contributed by atoms with Crippen LogP contribution in [0.4, 0.5) is 0 Å². The highest BCUT2D eigenvalue weighted by Crippen LogP contribution is 2.37. The summed E-state index contributed by atoms with van der Waals surface area (Å²) in [6, 6.07) is 5.96. The van der Waals surface area contributed by atoms with Gasteiger partial charge in [0.25, 0.3) is 0 Å². The standard InChI is InChI=1S/C15H17Cl2NO/c16-13-3-1-2-12(15(13)17)14(19)6-7-18-9-10-4-5-11(18)8-10/h1-3,10-11H,4-9H2. The van der Waals surface area contributed by atoms with Crippen LogP contribution >= 0.6 is 23.2 Å². The van der Waals surface area contributed by atoms with Gasteiger partial charge in [-0.15, -0.1) is 0 Å². The monoisotopic (exact) mass is 297 g/mol. The molecule has 1 aromatic rings. The van der Waals surface area contributed by atoms with Crippen LogP contribution in [-0.2, 0) is 0 Å². The summed E-state index contributed by atoms with van der Waals surface area (Å²) in [6.45, 7) is 2.02. The van der Waals surface area contributed by atoms with Gasteiger partial charge in [-0.1, -0.05) is 29.3 Å².